The standard InChI is InChI=1S/C12H24OS/c1-3-10-5-7-11(8-6-10)12(13)9-14-4-2/h10-13H,3-9H2,1-2H3. The minimum atomic E-state index is -0.0437. The molecule has 0 aromatic rings. The van der Waals surface area contributed by atoms with Crippen LogP contribution in [0, 0.1) is 11.8 Å². The maximum absolute atomic E-state index is 9.94. The van der Waals surface area contributed by atoms with Crippen LogP contribution in [0.2, 0.25) is 0 Å². The molecule has 1 rings (SSSR count). The second-order valence-electron chi connectivity index (χ2n) is 4.42. The fourth-order valence-electron chi connectivity index (χ4n) is 2.36. The third-order valence-electron chi connectivity index (χ3n) is 3.51. The molecule has 1 aliphatic rings. The molecule has 1 saturated carbocycles. The van der Waals surface area contributed by atoms with Crippen molar-refractivity contribution in [2.24, 2.45) is 11.8 Å². The zero-order valence-corrected chi connectivity index (χ0v) is 10.4. The molecule has 0 bridgehead atoms. The van der Waals surface area contributed by atoms with Gasteiger partial charge in [0.15, 0.2) is 0 Å². The van der Waals surface area contributed by atoms with E-state index in [4.69, 9.17) is 0 Å². The minimum absolute atomic E-state index is 0.0437. The number of thioether (sulfide) groups is 1. The van der Waals surface area contributed by atoms with Gasteiger partial charge in [0.25, 0.3) is 0 Å². The fraction of sp³-hybridized carbons (Fsp3) is 1.00. The molecule has 0 saturated heterocycles. The van der Waals surface area contributed by atoms with E-state index in [1.807, 2.05) is 11.8 Å². The first-order valence-corrected chi connectivity index (χ1v) is 7.19. The zero-order valence-electron chi connectivity index (χ0n) is 9.54. The normalized spacial score (nSPS) is 30.2. The summed E-state index contributed by atoms with van der Waals surface area (Å²) in [7, 11) is 0. The Morgan fingerprint density at radius 1 is 1.21 bits per heavy atom. The molecule has 1 aliphatic carbocycles. The maximum Gasteiger partial charge on any atom is 0.0658 e. The van der Waals surface area contributed by atoms with E-state index < -0.39 is 0 Å². The highest BCUT2D eigenvalue weighted by Gasteiger charge is 2.25. The average Bonchev–Trinajstić information content (AvgIpc) is 2.26. The molecule has 1 nitrogen and oxygen atoms in total. The number of rotatable bonds is 5. The van der Waals surface area contributed by atoms with Crippen molar-refractivity contribution < 1.29 is 5.11 Å². The van der Waals surface area contributed by atoms with Gasteiger partial charge in [-0.15, -0.1) is 0 Å². The second-order valence-corrected chi connectivity index (χ2v) is 5.73. The lowest BCUT2D eigenvalue weighted by atomic mass is 9.79. The highest BCUT2D eigenvalue weighted by atomic mass is 32.2. The minimum Gasteiger partial charge on any atom is -0.392 e. The topological polar surface area (TPSA) is 20.2 Å². The van der Waals surface area contributed by atoms with E-state index in [1.165, 1.54) is 32.1 Å². The Bertz CT molecular complexity index is 141. The van der Waals surface area contributed by atoms with Gasteiger partial charge in [0.05, 0.1) is 6.10 Å². The number of hydrogen-bond donors (Lipinski definition) is 1. The Hall–Kier alpha value is 0.310. The molecule has 1 N–H and O–H groups in total. The van der Waals surface area contributed by atoms with Crippen molar-refractivity contribution in [1.29, 1.82) is 0 Å². The van der Waals surface area contributed by atoms with Gasteiger partial charge in [0.2, 0.25) is 0 Å². The molecule has 1 atom stereocenters. The van der Waals surface area contributed by atoms with Gasteiger partial charge in [-0.25, -0.2) is 0 Å². The molecular formula is C12H24OS. The third-order valence-corrected chi connectivity index (χ3v) is 4.49. The Morgan fingerprint density at radius 3 is 2.36 bits per heavy atom. The molecule has 0 heterocycles. The number of aliphatic hydroxyl groups is 1. The predicted octanol–water partition coefficient (Wildman–Crippen LogP) is 3.32. The summed E-state index contributed by atoms with van der Waals surface area (Å²) < 4.78 is 0. The van der Waals surface area contributed by atoms with Gasteiger partial charge < -0.3 is 5.11 Å². The van der Waals surface area contributed by atoms with Crippen LogP contribution in [0.4, 0.5) is 0 Å². The first-order valence-electron chi connectivity index (χ1n) is 6.03. The van der Waals surface area contributed by atoms with Crippen LogP contribution in [0.5, 0.6) is 0 Å². The molecule has 84 valence electrons. The maximum atomic E-state index is 9.94. The van der Waals surface area contributed by atoms with Gasteiger partial charge in [0, 0.05) is 5.75 Å². The summed E-state index contributed by atoms with van der Waals surface area (Å²) in [5.41, 5.74) is 0. The first-order chi connectivity index (χ1) is 6.77. The van der Waals surface area contributed by atoms with Gasteiger partial charge in [-0.3, -0.25) is 0 Å². The van der Waals surface area contributed by atoms with Gasteiger partial charge in [-0.1, -0.05) is 33.1 Å². The van der Waals surface area contributed by atoms with Crippen LogP contribution in [0.25, 0.3) is 0 Å². The summed E-state index contributed by atoms with van der Waals surface area (Å²) in [4.78, 5) is 0. The van der Waals surface area contributed by atoms with Crippen LogP contribution >= 0.6 is 11.8 Å². The quantitative estimate of drug-likeness (QED) is 0.761. The van der Waals surface area contributed by atoms with Crippen LogP contribution in [0.3, 0.4) is 0 Å². The van der Waals surface area contributed by atoms with Crippen molar-refractivity contribution in [2.45, 2.75) is 52.1 Å². The smallest absolute Gasteiger partial charge is 0.0658 e. The van der Waals surface area contributed by atoms with E-state index in [-0.39, 0.29) is 6.10 Å². The Balaban J connectivity index is 2.19. The molecule has 0 aromatic carbocycles. The second kappa shape index (κ2) is 6.73. The summed E-state index contributed by atoms with van der Waals surface area (Å²) in [5.74, 6) is 3.61. The molecule has 0 amide bonds. The highest BCUT2D eigenvalue weighted by molar-refractivity contribution is 7.99. The Labute approximate surface area is 92.7 Å². The number of hydrogen-bond acceptors (Lipinski definition) is 2. The summed E-state index contributed by atoms with van der Waals surface area (Å²) in [5, 5.41) is 9.94. The van der Waals surface area contributed by atoms with Crippen LogP contribution in [0.15, 0.2) is 0 Å². The van der Waals surface area contributed by atoms with Crippen LogP contribution in [-0.4, -0.2) is 22.7 Å². The lowest BCUT2D eigenvalue weighted by Gasteiger charge is -2.30. The summed E-state index contributed by atoms with van der Waals surface area (Å²) >= 11 is 1.87. The summed E-state index contributed by atoms with van der Waals surface area (Å²) in [6.45, 7) is 4.44. The van der Waals surface area contributed by atoms with Crippen molar-refractivity contribution in [3.05, 3.63) is 0 Å². The van der Waals surface area contributed by atoms with E-state index in [9.17, 15) is 5.11 Å². The van der Waals surface area contributed by atoms with Crippen LogP contribution in [-0.2, 0) is 0 Å². The zero-order chi connectivity index (χ0) is 10.4. The average molecular weight is 216 g/mol. The predicted molar refractivity (Wildman–Crippen MR) is 64.7 cm³/mol. The molecule has 0 aliphatic heterocycles. The van der Waals surface area contributed by atoms with E-state index in [0.717, 1.165) is 17.4 Å². The van der Waals surface area contributed by atoms with Crippen LogP contribution < -0.4 is 0 Å². The molecule has 0 aromatic heterocycles. The molecule has 0 radical (unpaired) electrons. The van der Waals surface area contributed by atoms with Gasteiger partial charge in [-0.2, -0.15) is 11.8 Å². The molecule has 1 unspecified atom stereocenters. The van der Waals surface area contributed by atoms with Crippen molar-refractivity contribution in [1.82, 2.24) is 0 Å². The Morgan fingerprint density at radius 2 is 1.86 bits per heavy atom. The van der Waals surface area contributed by atoms with Crippen LogP contribution in [0.1, 0.15) is 46.0 Å². The first kappa shape index (κ1) is 12.4. The van der Waals surface area contributed by atoms with Gasteiger partial charge in [0.1, 0.15) is 0 Å². The fourth-order valence-corrected chi connectivity index (χ4v) is 3.11. The van der Waals surface area contributed by atoms with E-state index in [1.54, 1.807) is 0 Å². The van der Waals surface area contributed by atoms with E-state index in [0.29, 0.717) is 5.92 Å². The molecule has 14 heavy (non-hydrogen) atoms. The van der Waals surface area contributed by atoms with E-state index >= 15 is 0 Å². The Kier molecular flexibility index (Phi) is 5.95. The molecule has 2 heteroatoms. The van der Waals surface area contributed by atoms with Crippen molar-refractivity contribution in [3.63, 3.8) is 0 Å². The molecular weight excluding hydrogens is 192 g/mol. The summed E-state index contributed by atoms with van der Waals surface area (Å²) in [6, 6.07) is 0. The van der Waals surface area contributed by atoms with Crippen molar-refractivity contribution in [2.75, 3.05) is 11.5 Å². The molecule has 0 spiro atoms. The number of aliphatic hydroxyl groups excluding tert-OH is 1. The monoisotopic (exact) mass is 216 g/mol. The van der Waals surface area contributed by atoms with Gasteiger partial charge >= 0.3 is 0 Å². The highest BCUT2D eigenvalue weighted by Crippen LogP contribution is 2.33. The summed E-state index contributed by atoms with van der Waals surface area (Å²) in [6.07, 6.45) is 6.47. The van der Waals surface area contributed by atoms with Crippen molar-refractivity contribution >= 4 is 11.8 Å². The largest absolute Gasteiger partial charge is 0.392 e. The third kappa shape index (κ3) is 3.82. The molecule has 1 fully saturated rings. The van der Waals surface area contributed by atoms with E-state index in [2.05, 4.69) is 13.8 Å². The lowest BCUT2D eigenvalue weighted by molar-refractivity contribution is 0.0916. The SMILES string of the molecule is CCSCC(O)C1CCC(CC)CC1. The van der Waals surface area contributed by atoms with Gasteiger partial charge in [-0.05, 0) is 30.4 Å². The lowest BCUT2D eigenvalue weighted by Crippen LogP contribution is -2.27. The van der Waals surface area contributed by atoms with Crippen molar-refractivity contribution in [3.8, 4) is 0 Å².